The van der Waals surface area contributed by atoms with Crippen LogP contribution in [0.5, 0.6) is 0 Å². The lowest BCUT2D eigenvalue weighted by Crippen LogP contribution is -2.51. The molecule has 0 spiro atoms. The molecule has 154 valence electrons. The van der Waals surface area contributed by atoms with Gasteiger partial charge in [0.15, 0.2) is 0 Å². The van der Waals surface area contributed by atoms with Crippen molar-refractivity contribution in [1.29, 1.82) is 0 Å². The first-order valence-electron chi connectivity index (χ1n) is 10.3. The molecule has 0 atom stereocenters. The molecule has 7 heteroatoms. The Balaban J connectivity index is 1.24. The standard InChI is InChI=1S/C23H23FN4O2/c24-18-6-4-17(5-7-18)23(8-9-23)22(30)27-13-11-26(12-14-27)16-19-15-21(29)28-10-2-1-3-20(28)25-19/h1-7,10,15H,8-9,11-14,16H2. The lowest BCUT2D eigenvalue weighted by atomic mass is 9.94. The van der Waals surface area contributed by atoms with E-state index in [1.807, 2.05) is 23.1 Å². The zero-order chi connectivity index (χ0) is 20.7. The Morgan fingerprint density at radius 1 is 1.03 bits per heavy atom. The molecule has 0 unspecified atom stereocenters. The van der Waals surface area contributed by atoms with Gasteiger partial charge in [0, 0.05) is 45.0 Å². The number of fused-ring (bicyclic) bond motifs is 1. The number of piperazine rings is 1. The lowest BCUT2D eigenvalue weighted by Gasteiger charge is -2.36. The van der Waals surface area contributed by atoms with Crippen molar-refractivity contribution in [3.8, 4) is 0 Å². The Hall–Kier alpha value is -3.06. The molecule has 0 bridgehead atoms. The number of rotatable bonds is 4. The van der Waals surface area contributed by atoms with Crippen LogP contribution in [-0.2, 0) is 16.8 Å². The lowest BCUT2D eigenvalue weighted by molar-refractivity contribution is -0.135. The number of carbonyl (C=O) groups is 1. The number of benzene rings is 1. The molecule has 1 saturated carbocycles. The number of pyridine rings is 1. The first kappa shape index (κ1) is 18.9. The Morgan fingerprint density at radius 3 is 2.47 bits per heavy atom. The molecule has 0 radical (unpaired) electrons. The molecule has 2 fully saturated rings. The van der Waals surface area contributed by atoms with Gasteiger partial charge >= 0.3 is 0 Å². The predicted octanol–water partition coefficient (Wildman–Crippen LogP) is 2.21. The second kappa shape index (κ2) is 7.32. The zero-order valence-electron chi connectivity index (χ0n) is 16.6. The SMILES string of the molecule is O=C(N1CCN(Cc2cc(=O)n3ccccc3n2)CC1)C1(c2ccc(F)cc2)CC1. The minimum Gasteiger partial charge on any atom is -0.339 e. The molecule has 1 saturated heterocycles. The second-order valence-corrected chi connectivity index (χ2v) is 8.17. The van der Waals surface area contributed by atoms with Gasteiger partial charge in [0.05, 0.1) is 11.1 Å². The highest BCUT2D eigenvalue weighted by Crippen LogP contribution is 2.49. The summed E-state index contributed by atoms with van der Waals surface area (Å²) in [7, 11) is 0. The fourth-order valence-corrected chi connectivity index (χ4v) is 4.34. The van der Waals surface area contributed by atoms with E-state index >= 15 is 0 Å². The highest BCUT2D eigenvalue weighted by atomic mass is 19.1. The summed E-state index contributed by atoms with van der Waals surface area (Å²) in [6, 6.07) is 13.4. The number of hydrogen-bond acceptors (Lipinski definition) is 4. The minimum atomic E-state index is -0.468. The van der Waals surface area contributed by atoms with Crippen molar-refractivity contribution in [3.05, 3.63) is 82.2 Å². The summed E-state index contributed by atoms with van der Waals surface area (Å²) in [5.41, 5.74) is 1.75. The zero-order valence-corrected chi connectivity index (χ0v) is 16.6. The molecule has 30 heavy (non-hydrogen) atoms. The van der Waals surface area contributed by atoms with Crippen molar-refractivity contribution in [2.75, 3.05) is 26.2 Å². The van der Waals surface area contributed by atoms with E-state index in [0.29, 0.717) is 25.3 Å². The van der Waals surface area contributed by atoms with Gasteiger partial charge in [-0.05, 0) is 42.7 Å². The molecule has 1 aliphatic carbocycles. The number of carbonyl (C=O) groups excluding carboxylic acids is 1. The Kier molecular flexibility index (Phi) is 4.62. The molecule has 3 heterocycles. The first-order valence-corrected chi connectivity index (χ1v) is 10.3. The smallest absolute Gasteiger partial charge is 0.258 e. The Morgan fingerprint density at radius 2 is 1.77 bits per heavy atom. The summed E-state index contributed by atoms with van der Waals surface area (Å²) in [5.74, 6) is -0.131. The third-order valence-corrected chi connectivity index (χ3v) is 6.23. The van der Waals surface area contributed by atoms with Crippen LogP contribution in [0.25, 0.3) is 5.65 Å². The highest BCUT2D eigenvalue weighted by Gasteiger charge is 2.53. The van der Waals surface area contributed by atoms with Gasteiger partial charge in [0.2, 0.25) is 5.91 Å². The molecular formula is C23H23FN4O2. The van der Waals surface area contributed by atoms with E-state index in [1.54, 1.807) is 24.4 Å². The van der Waals surface area contributed by atoms with Crippen molar-refractivity contribution >= 4 is 11.6 Å². The Labute approximate surface area is 173 Å². The summed E-state index contributed by atoms with van der Waals surface area (Å²) in [6.45, 7) is 3.36. The van der Waals surface area contributed by atoms with E-state index in [0.717, 1.165) is 37.2 Å². The molecule has 1 aliphatic heterocycles. The van der Waals surface area contributed by atoms with Gasteiger partial charge in [0.25, 0.3) is 5.56 Å². The van der Waals surface area contributed by atoms with E-state index in [9.17, 15) is 14.0 Å². The van der Waals surface area contributed by atoms with E-state index < -0.39 is 5.41 Å². The third-order valence-electron chi connectivity index (χ3n) is 6.23. The predicted molar refractivity (Wildman–Crippen MR) is 111 cm³/mol. The van der Waals surface area contributed by atoms with Gasteiger partial charge in [-0.25, -0.2) is 9.37 Å². The van der Waals surface area contributed by atoms with Gasteiger partial charge in [-0.15, -0.1) is 0 Å². The molecule has 2 aromatic heterocycles. The maximum atomic E-state index is 13.3. The number of halogens is 1. The molecular weight excluding hydrogens is 383 g/mol. The van der Waals surface area contributed by atoms with Gasteiger partial charge in [-0.3, -0.25) is 18.9 Å². The fourth-order valence-electron chi connectivity index (χ4n) is 4.34. The van der Waals surface area contributed by atoms with Crippen LogP contribution in [-0.4, -0.2) is 51.3 Å². The quantitative estimate of drug-likeness (QED) is 0.667. The average molecular weight is 406 g/mol. The summed E-state index contributed by atoms with van der Waals surface area (Å²) in [6.07, 6.45) is 3.36. The first-order chi connectivity index (χ1) is 14.5. The van der Waals surface area contributed by atoms with Crippen LogP contribution in [0.1, 0.15) is 24.1 Å². The summed E-state index contributed by atoms with van der Waals surface area (Å²) < 4.78 is 14.8. The number of nitrogens with zero attached hydrogens (tertiary/aromatic N) is 4. The summed E-state index contributed by atoms with van der Waals surface area (Å²) in [4.78, 5) is 34.2. The van der Waals surface area contributed by atoms with Gasteiger partial charge < -0.3 is 4.90 Å². The largest absolute Gasteiger partial charge is 0.339 e. The summed E-state index contributed by atoms with van der Waals surface area (Å²) in [5, 5.41) is 0. The molecule has 1 amide bonds. The van der Waals surface area contributed by atoms with Crippen LogP contribution in [0.4, 0.5) is 4.39 Å². The summed E-state index contributed by atoms with van der Waals surface area (Å²) >= 11 is 0. The van der Waals surface area contributed by atoms with Crippen molar-refractivity contribution in [2.24, 2.45) is 0 Å². The van der Waals surface area contributed by atoms with E-state index in [1.165, 1.54) is 16.5 Å². The molecule has 2 aliphatic rings. The van der Waals surface area contributed by atoms with Crippen molar-refractivity contribution in [1.82, 2.24) is 19.2 Å². The highest BCUT2D eigenvalue weighted by molar-refractivity contribution is 5.91. The maximum Gasteiger partial charge on any atom is 0.258 e. The minimum absolute atomic E-state index is 0.0839. The number of hydrogen-bond donors (Lipinski definition) is 0. The van der Waals surface area contributed by atoms with Crippen LogP contribution >= 0.6 is 0 Å². The van der Waals surface area contributed by atoms with Crippen molar-refractivity contribution < 1.29 is 9.18 Å². The van der Waals surface area contributed by atoms with Crippen molar-refractivity contribution in [2.45, 2.75) is 24.8 Å². The van der Waals surface area contributed by atoms with E-state index in [2.05, 4.69) is 9.88 Å². The number of aromatic nitrogens is 2. The average Bonchev–Trinajstić information content (AvgIpc) is 3.56. The molecule has 3 aromatic rings. The maximum absolute atomic E-state index is 13.3. The normalized spacial score (nSPS) is 18.5. The fraction of sp³-hybridized carbons (Fsp3) is 0.348. The molecule has 5 rings (SSSR count). The van der Waals surface area contributed by atoms with Crippen molar-refractivity contribution in [3.63, 3.8) is 0 Å². The van der Waals surface area contributed by atoms with Crippen LogP contribution in [0.3, 0.4) is 0 Å². The third kappa shape index (κ3) is 3.39. The van der Waals surface area contributed by atoms with Gasteiger partial charge in [0.1, 0.15) is 11.5 Å². The Bertz CT molecular complexity index is 1150. The van der Waals surface area contributed by atoms with Crippen LogP contribution in [0.2, 0.25) is 0 Å². The van der Waals surface area contributed by atoms with E-state index in [4.69, 9.17) is 0 Å². The molecule has 0 N–H and O–H groups in total. The number of amides is 1. The topological polar surface area (TPSA) is 57.9 Å². The van der Waals surface area contributed by atoms with Gasteiger partial charge in [-0.2, -0.15) is 0 Å². The molecule has 1 aromatic carbocycles. The van der Waals surface area contributed by atoms with Crippen LogP contribution in [0.15, 0.2) is 59.5 Å². The second-order valence-electron chi connectivity index (χ2n) is 8.17. The monoisotopic (exact) mass is 406 g/mol. The van der Waals surface area contributed by atoms with E-state index in [-0.39, 0.29) is 17.3 Å². The van der Waals surface area contributed by atoms with Crippen LogP contribution in [0, 0.1) is 5.82 Å². The van der Waals surface area contributed by atoms with Crippen LogP contribution < -0.4 is 5.56 Å². The van der Waals surface area contributed by atoms with Gasteiger partial charge in [-0.1, -0.05) is 18.2 Å². The molecule has 6 nitrogen and oxygen atoms in total.